The zero-order chi connectivity index (χ0) is 12.3. The van der Waals surface area contributed by atoms with E-state index in [2.05, 4.69) is 17.0 Å². The molecule has 2 fully saturated rings. The molecule has 0 spiro atoms. The molecule has 0 aromatic rings. The minimum atomic E-state index is -3.12. The fraction of sp³-hybridized carbons (Fsp3) is 1.00. The van der Waals surface area contributed by atoms with E-state index in [0.717, 1.165) is 38.1 Å². The molecule has 17 heavy (non-hydrogen) atoms. The lowest BCUT2D eigenvalue weighted by atomic mass is 10.1. The Balaban J connectivity index is 1.89. The van der Waals surface area contributed by atoms with Gasteiger partial charge in [0.15, 0.2) is 0 Å². The van der Waals surface area contributed by atoms with Crippen LogP contribution in [0.2, 0.25) is 0 Å². The topological polar surface area (TPSA) is 58.2 Å². The normalized spacial score (nSPS) is 27.9. The molecule has 2 atom stereocenters. The van der Waals surface area contributed by atoms with E-state index < -0.39 is 10.0 Å². The van der Waals surface area contributed by atoms with Crippen LogP contribution in [0.3, 0.4) is 0 Å². The quantitative estimate of drug-likeness (QED) is 0.755. The van der Waals surface area contributed by atoms with Gasteiger partial charge < -0.3 is 5.32 Å². The molecule has 0 aromatic heterocycles. The smallest absolute Gasteiger partial charge is 0.215 e. The molecule has 2 aliphatic rings. The summed E-state index contributed by atoms with van der Waals surface area (Å²) in [6.07, 6.45) is 6.24. The summed E-state index contributed by atoms with van der Waals surface area (Å²) >= 11 is 0. The SMILES string of the molecule is CCC(CC1CC1)NS(=O)(=O)C1CCCNC1. The Bertz CT molecular complexity index is 332. The molecular formula is C12H24N2O2S. The first-order valence-electron chi connectivity index (χ1n) is 6.83. The van der Waals surface area contributed by atoms with Crippen molar-refractivity contribution >= 4 is 10.0 Å². The third-order valence-corrected chi connectivity index (χ3v) is 5.77. The molecule has 1 saturated heterocycles. The van der Waals surface area contributed by atoms with Crippen LogP contribution in [0.25, 0.3) is 0 Å². The molecule has 1 aliphatic carbocycles. The zero-order valence-corrected chi connectivity index (χ0v) is 11.4. The van der Waals surface area contributed by atoms with E-state index in [-0.39, 0.29) is 11.3 Å². The summed E-state index contributed by atoms with van der Waals surface area (Å²) in [6, 6.07) is 0.148. The molecule has 1 saturated carbocycles. The number of nitrogens with one attached hydrogen (secondary N) is 2. The first-order chi connectivity index (χ1) is 8.12. The summed E-state index contributed by atoms with van der Waals surface area (Å²) in [7, 11) is -3.12. The maximum Gasteiger partial charge on any atom is 0.215 e. The van der Waals surface area contributed by atoms with Crippen molar-refractivity contribution in [3.63, 3.8) is 0 Å². The van der Waals surface area contributed by atoms with Crippen molar-refractivity contribution in [1.29, 1.82) is 0 Å². The highest BCUT2D eigenvalue weighted by molar-refractivity contribution is 7.90. The van der Waals surface area contributed by atoms with Crippen LogP contribution in [0.5, 0.6) is 0 Å². The minimum Gasteiger partial charge on any atom is -0.315 e. The predicted octanol–water partition coefficient (Wildman–Crippen LogP) is 1.24. The van der Waals surface area contributed by atoms with Gasteiger partial charge in [0.05, 0.1) is 5.25 Å². The minimum absolute atomic E-state index is 0.148. The third-order valence-electron chi connectivity index (χ3n) is 3.83. The third kappa shape index (κ3) is 3.93. The van der Waals surface area contributed by atoms with Crippen molar-refractivity contribution in [3.05, 3.63) is 0 Å². The number of hydrogen-bond acceptors (Lipinski definition) is 3. The van der Waals surface area contributed by atoms with E-state index in [1.807, 2.05) is 0 Å². The number of piperidine rings is 1. The summed E-state index contributed by atoms with van der Waals surface area (Å²) in [6.45, 7) is 3.62. The van der Waals surface area contributed by atoms with E-state index in [0.29, 0.717) is 6.54 Å². The van der Waals surface area contributed by atoms with Gasteiger partial charge in [0, 0.05) is 12.6 Å². The van der Waals surface area contributed by atoms with E-state index in [9.17, 15) is 8.42 Å². The van der Waals surface area contributed by atoms with Gasteiger partial charge in [-0.3, -0.25) is 0 Å². The molecule has 1 heterocycles. The molecule has 5 heteroatoms. The van der Waals surface area contributed by atoms with Gasteiger partial charge in [-0.1, -0.05) is 19.8 Å². The average Bonchev–Trinajstić information content (AvgIpc) is 3.13. The van der Waals surface area contributed by atoms with Gasteiger partial charge >= 0.3 is 0 Å². The van der Waals surface area contributed by atoms with Gasteiger partial charge in [0.2, 0.25) is 10.0 Å². The lowest BCUT2D eigenvalue weighted by molar-refractivity contribution is 0.463. The average molecular weight is 260 g/mol. The molecular weight excluding hydrogens is 236 g/mol. The molecule has 2 rings (SSSR count). The van der Waals surface area contributed by atoms with Crippen molar-refractivity contribution in [1.82, 2.24) is 10.0 Å². The molecule has 1 aliphatic heterocycles. The van der Waals surface area contributed by atoms with Crippen LogP contribution in [0, 0.1) is 5.92 Å². The Kier molecular flexibility index (Phi) is 4.44. The Labute approximate surface area is 105 Å². The lowest BCUT2D eigenvalue weighted by Crippen LogP contribution is -2.47. The number of rotatable bonds is 6. The summed E-state index contributed by atoms with van der Waals surface area (Å²) in [4.78, 5) is 0. The standard InChI is InChI=1S/C12H24N2O2S/c1-2-11(8-10-5-6-10)14-17(15,16)12-4-3-7-13-9-12/h10-14H,2-9H2,1H3. The Morgan fingerprint density at radius 3 is 2.65 bits per heavy atom. The van der Waals surface area contributed by atoms with Crippen molar-refractivity contribution in [2.45, 2.75) is 56.7 Å². The van der Waals surface area contributed by atoms with Crippen LogP contribution < -0.4 is 10.0 Å². The van der Waals surface area contributed by atoms with Crippen LogP contribution in [0.4, 0.5) is 0 Å². The fourth-order valence-electron chi connectivity index (χ4n) is 2.47. The van der Waals surface area contributed by atoms with Crippen molar-refractivity contribution in [2.24, 2.45) is 5.92 Å². The molecule has 2 N–H and O–H groups in total. The molecule has 0 amide bonds. The number of hydrogen-bond donors (Lipinski definition) is 2. The molecule has 0 radical (unpaired) electrons. The highest BCUT2D eigenvalue weighted by Gasteiger charge is 2.31. The first kappa shape index (κ1) is 13.3. The van der Waals surface area contributed by atoms with Crippen molar-refractivity contribution in [2.75, 3.05) is 13.1 Å². The fourth-order valence-corrected chi connectivity index (χ4v) is 4.20. The molecule has 0 bridgehead atoms. The van der Waals surface area contributed by atoms with Gasteiger partial charge in [-0.2, -0.15) is 0 Å². The largest absolute Gasteiger partial charge is 0.315 e. The van der Waals surface area contributed by atoms with Crippen molar-refractivity contribution in [3.8, 4) is 0 Å². The molecule has 4 nitrogen and oxygen atoms in total. The monoisotopic (exact) mass is 260 g/mol. The van der Waals surface area contributed by atoms with Crippen molar-refractivity contribution < 1.29 is 8.42 Å². The van der Waals surface area contributed by atoms with Crippen LogP contribution in [-0.4, -0.2) is 32.8 Å². The summed E-state index contributed by atoms with van der Waals surface area (Å²) in [5, 5.41) is 2.93. The molecule has 0 aromatic carbocycles. The van der Waals surface area contributed by atoms with Crippen LogP contribution in [-0.2, 0) is 10.0 Å². The summed E-state index contributed by atoms with van der Waals surface area (Å²) in [5.41, 5.74) is 0. The van der Waals surface area contributed by atoms with Gasteiger partial charge in [-0.05, 0) is 38.1 Å². The van der Waals surface area contributed by atoms with Crippen LogP contribution in [0.15, 0.2) is 0 Å². The highest BCUT2D eigenvalue weighted by Crippen LogP contribution is 2.34. The van der Waals surface area contributed by atoms with Crippen LogP contribution in [0.1, 0.15) is 45.4 Å². The summed E-state index contributed by atoms with van der Waals surface area (Å²) in [5.74, 6) is 0.770. The maximum absolute atomic E-state index is 12.2. The van der Waals surface area contributed by atoms with Gasteiger partial charge in [0.1, 0.15) is 0 Å². The Hall–Kier alpha value is -0.130. The summed E-state index contributed by atoms with van der Waals surface area (Å²) < 4.78 is 27.3. The first-order valence-corrected chi connectivity index (χ1v) is 8.38. The van der Waals surface area contributed by atoms with E-state index >= 15 is 0 Å². The van der Waals surface area contributed by atoms with E-state index in [1.165, 1.54) is 12.8 Å². The second kappa shape index (κ2) is 5.67. The van der Waals surface area contributed by atoms with Crippen LogP contribution >= 0.6 is 0 Å². The zero-order valence-electron chi connectivity index (χ0n) is 10.6. The van der Waals surface area contributed by atoms with E-state index in [4.69, 9.17) is 0 Å². The Morgan fingerprint density at radius 1 is 1.35 bits per heavy atom. The molecule has 100 valence electrons. The molecule has 2 unspecified atom stereocenters. The second-order valence-corrected chi connectivity index (χ2v) is 7.41. The Morgan fingerprint density at radius 2 is 2.12 bits per heavy atom. The highest BCUT2D eigenvalue weighted by atomic mass is 32.2. The van der Waals surface area contributed by atoms with Gasteiger partial charge in [-0.25, -0.2) is 13.1 Å². The van der Waals surface area contributed by atoms with E-state index in [1.54, 1.807) is 0 Å². The van der Waals surface area contributed by atoms with Gasteiger partial charge in [-0.15, -0.1) is 0 Å². The predicted molar refractivity (Wildman–Crippen MR) is 69.4 cm³/mol. The number of sulfonamides is 1. The second-order valence-electron chi connectivity index (χ2n) is 5.42. The van der Waals surface area contributed by atoms with Gasteiger partial charge in [0.25, 0.3) is 0 Å². The maximum atomic E-state index is 12.2. The lowest BCUT2D eigenvalue weighted by Gasteiger charge is -2.26.